The number of carbonyl (C=O) groups is 2. The van der Waals surface area contributed by atoms with E-state index in [0.717, 1.165) is 11.1 Å². The first-order valence-electron chi connectivity index (χ1n) is 11.1. The first-order chi connectivity index (χ1) is 16.5. The van der Waals surface area contributed by atoms with Crippen molar-refractivity contribution in [2.24, 2.45) is 0 Å². The van der Waals surface area contributed by atoms with Crippen LogP contribution in [-0.2, 0) is 34.0 Å². The van der Waals surface area contributed by atoms with Gasteiger partial charge in [-0.25, -0.2) is 4.79 Å². The fourth-order valence-corrected chi connectivity index (χ4v) is 3.25. The van der Waals surface area contributed by atoms with E-state index >= 15 is 0 Å². The van der Waals surface area contributed by atoms with Crippen molar-refractivity contribution in [3.8, 4) is 11.5 Å². The Bertz CT molecular complexity index is 1060. The maximum atomic E-state index is 12.0. The van der Waals surface area contributed by atoms with Crippen LogP contribution in [0.25, 0.3) is 0 Å². The van der Waals surface area contributed by atoms with Crippen LogP contribution in [0.1, 0.15) is 23.6 Å². The molecule has 2 N–H and O–H groups in total. The molecule has 1 atom stereocenters. The van der Waals surface area contributed by atoms with Crippen molar-refractivity contribution < 1.29 is 28.9 Å². The summed E-state index contributed by atoms with van der Waals surface area (Å²) in [6.07, 6.45) is 0.0911. The third-order valence-corrected chi connectivity index (χ3v) is 4.99. The van der Waals surface area contributed by atoms with Crippen molar-refractivity contribution in [1.29, 1.82) is 0 Å². The van der Waals surface area contributed by atoms with Gasteiger partial charge in [0.25, 0.3) is 0 Å². The summed E-state index contributed by atoms with van der Waals surface area (Å²) in [5.74, 6) is -0.545. The van der Waals surface area contributed by atoms with Gasteiger partial charge in [-0.2, -0.15) is 0 Å². The van der Waals surface area contributed by atoms with Crippen LogP contribution >= 0.6 is 0 Å². The summed E-state index contributed by atoms with van der Waals surface area (Å²) in [4.78, 5) is 23.7. The molecule has 3 rings (SSSR count). The van der Waals surface area contributed by atoms with Crippen molar-refractivity contribution in [2.75, 3.05) is 13.2 Å². The number of benzene rings is 3. The molecule has 0 fully saturated rings. The second kappa shape index (κ2) is 13.0. The topological polar surface area (TPSA) is 94.1 Å². The molecule has 7 nitrogen and oxygen atoms in total. The van der Waals surface area contributed by atoms with Crippen LogP contribution in [-0.4, -0.2) is 36.2 Å². The van der Waals surface area contributed by atoms with Gasteiger partial charge < -0.3 is 24.6 Å². The predicted octanol–water partition coefficient (Wildman–Crippen LogP) is 3.99. The SMILES string of the molecule is CCOCC(=O)N[C@@H](Cc1ccc(OCc2ccccc2)c(OCc2ccccc2)c1)C(=O)O. The van der Waals surface area contributed by atoms with Crippen LogP contribution in [0.2, 0.25) is 0 Å². The number of amides is 1. The number of carbonyl (C=O) groups excluding carboxylic acids is 1. The van der Waals surface area contributed by atoms with Crippen molar-refractivity contribution >= 4 is 11.9 Å². The maximum absolute atomic E-state index is 12.0. The molecule has 1 amide bonds. The third kappa shape index (κ3) is 7.94. The summed E-state index contributed by atoms with van der Waals surface area (Å²) < 4.78 is 17.1. The molecular weight excluding hydrogens is 434 g/mol. The molecule has 7 heteroatoms. The Hall–Kier alpha value is -3.84. The fourth-order valence-electron chi connectivity index (χ4n) is 3.25. The lowest BCUT2D eigenvalue weighted by Gasteiger charge is -2.17. The van der Waals surface area contributed by atoms with Crippen LogP contribution in [0, 0.1) is 0 Å². The summed E-state index contributed by atoms with van der Waals surface area (Å²) in [5.41, 5.74) is 2.70. The number of carboxylic acid groups (broad SMARTS) is 1. The van der Waals surface area contributed by atoms with Gasteiger partial charge in [0.1, 0.15) is 25.9 Å². The molecule has 178 valence electrons. The van der Waals surface area contributed by atoms with E-state index in [4.69, 9.17) is 14.2 Å². The fraction of sp³-hybridized carbons (Fsp3) is 0.259. The smallest absolute Gasteiger partial charge is 0.326 e. The molecule has 0 saturated heterocycles. The van der Waals surface area contributed by atoms with Gasteiger partial charge in [-0.15, -0.1) is 0 Å². The molecule has 0 saturated carbocycles. The van der Waals surface area contributed by atoms with Crippen LogP contribution < -0.4 is 14.8 Å². The van der Waals surface area contributed by atoms with Crippen LogP contribution in [0.4, 0.5) is 0 Å². The van der Waals surface area contributed by atoms with E-state index in [2.05, 4.69) is 5.32 Å². The number of nitrogens with one attached hydrogen (secondary N) is 1. The van der Waals surface area contributed by atoms with E-state index in [1.807, 2.05) is 60.7 Å². The van der Waals surface area contributed by atoms with Crippen molar-refractivity contribution in [3.63, 3.8) is 0 Å². The van der Waals surface area contributed by atoms with E-state index < -0.39 is 17.9 Å². The second-order valence-corrected chi connectivity index (χ2v) is 7.63. The number of rotatable bonds is 13. The van der Waals surface area contributed by atoms with E-state index in [9.17, 15) is 14.7 Å². The van der Waals surface area contributed by atoms with E-state index in [1.165, 1.54) is 0 Å². The van der Waals surface area contributed by atoms with Gasteiger partial charge >= 0.3 is 5.97 Å². The highest BCUT2D eigenvalue weighted by atomic mass is 16.5. The zero-order chi connectivity index (χ0) is 24.2. The van der Waals surface area contributed by atoms with Gasteiger partial charge in [0.2, 0.25) is 5.91 Å². The second-order valence-electron chi connectivity index (χ2n) is 7.63. The zero-order valence-corrected chi connectivity index (χ0v) is 19.1. The number of ether oxygens (including phenoxy) is 3. The van der Waals surface area contributed by atoms with Crippen LogP contribution in [0.5, 0.6) is 11.5 Å². The highest BCUT2D eigenvalue weighted by Crippen LogP contribution is 2.30. The quantitative estimate of drug-likeness (QED) is 0.398. The molecule has 3 aromatic rings. The van der Waals surface area contributed by atoms with Crippen molar-refractivity contribution in [3.05, 3.63) is 95.6 Å². The largest absolute Gasteiger partial charge is 0.485 e. The summed E-state index contributed by atoms with van der Waals surface area (Å²) in [7, 11) is 0. The van der Waals surface area contributed by atoms with Gasteiger partial charge in [0, 0.05) is 13.0 Å². The lowest BCUT2D eigenvalue weighted by Crippen LogP contribution is -2.43. The summed E-state index contributed by atoms with van der Waals surface area (Å²) in [6.45, 7) is 2.66. The Morgan fingerprint density at radius 2 is 1.41 bits per heavy atom. The molecule has 0 bridgehead atoms. The number of aliphatic carboxylic acids is 1. The lowest BCUT2D eigenvalue weighted by molar-refractivity contribution is -0.142. The van der Waals surface area contributed by atoms with Crippen molar-refractivity contribution in [1.82, 2.24) is 5.32 Å². The highest BCUT2D eigenvalue weighted by Gasteiger charge is 2.21. The minimum absolute atomic E-state index is 0.0911. The van der Waals surface area contributed by atoms with Crippen LogP contribution in [0.15, 0.2) is 78.9 Å². The molecule has 0 aliphatic carbocycles. The molecule has 0 aliphatic rings. The summed E-state index contributed by atoms with van der Waals surface area (Å²) >= 11 is 0. The van der Waals surface area contributed by atoms with E-state index in [0.29, 0.717) is 36.9 Å². The van der Waals surface area contributed by atoms with Gasteiger partial charge in [-0.3, -0.25) is 4.79 Å². The average Bonchev–Trinajstić information content (AvgIpc) is 2.86. The Morgan fingerprint density at radius 1 is 0.824 bits per heavy atom. The Morgan fingerprint density at radius 3 is 1.97 bits per heavy atom. The first-order valence-corrected chi connectivity index (χ1v) is 11.1. The standard InChI is InChI=1S/C27H29NO6/c1-2-32-19-26(29)28-23(27(30)31)15-22-13-14-24(33-17-20-9-5-3-6-10-20)25(16-22)34-18-21-11-7-4-8-12-21/h3-14,16,23H,2,15,17-19H2,1H3,(H,28,29)(H,30,31)/t23-/m0/s1. The molecule has 0 radical (unpaired) electrons. The normalized spacial score (nSPS) is 11.4. The van der Waals surface area contributed by atoms with Gasteiger partial charge in [0.05, 0.1) is 0 Å². The molecule has 0 aliphatic heterocycles. The molecule has 34 heavy (non-hydrogen) atoms. The van der Waals surface area contributed by atoms with Gasteiger partial charge in [-0.05, 0) is 35.7 Å². The molecule has 0 aromatic heterocycles. The first kappa shape index (κ1) is 24.8. The number of hydrogen-bond donors (Lipinski definition) is 2. The number of hydrogen-bond acceptors (Lipinski definition) is 5. The van der Waals surface area contributed by atoms with Crippen molar-refractivity contribution in [2.45, 2.75) is 32.6 Å². The predicted molar refractivity (Wildman–Crippen MR) is 128 cm³/mol. The Kier molecular flexibility index (Phi) is 9.49. The highest BCUT2D eigenvalue weighted by molar-refractivity contribution is 5.84. The molecule has 3 aromatic carbocycles. The lowest BCUT2D eigenvalue weighted by atomic mass is 10.1. The third-order valence-electron chi connectivity index (χ3n) is 4.99. The molecular formula is C27H29NO6. The maximum Gasteiger partial charge on any atom is 0.326 e. The molecule has 0 spiro atoms. The average molecular weight is 464 g/mol. The monoisotopic (exact) mass is 463 g/mol. The minimum Gasteiger partial charge on any atom is -0.485 e. The van der Waals surface area contributed by atoms with Gasteiger partial charge in [-0.1, -0.05) is 66.7 Å². The van der Waals surface area contributed by atoms with Gasteiger partial charge in [0.15, 0.2) is 11.5 Å². The summed E-state index contributed by atoms with van der Waals surface area (Å²) in [5, 5.41) is 12.1. The van der Waals surface area contributed by atoms with E-state index in [1.54, 1.807) is 25.1 Å². The summed E-state index contributed by atoms with van der Waals surface area (Å²) in [6, 6.07) is 23.7. The Balaban J connectivity index is 1.75. The molecule has 0 unspecified atom stereocenters. The molecule has 0 heterocycles. The van der Waals surface area contributed by atoms with Crippen LogP contribution in [0.3, 0.4) is 0 Å². The minimum atomic E-state index is -1.12. The Labute approximate surface area is 199 Å². The van der Waals surface area contributed by atoms with E-state index in [-0.39, 0.29) is 13.0 Å². The number of carboxylic acids is 1. The zero-order valence-electron chi connectivity index (χ0n) is 19.1.